The Bertz CT molecular complexity index is 934. The molecule has 0 aliphatic carbocycles. The minimum absolute atomic E-state index is 0.218. The topological polar surface area (TPSA) is 87.0 Å². The molecule has 7 heteroatoms. The third-order valence-corrected chi connectivity index (χ3v) is 4.03. The van der Waals surface area contributed by atoms with Gasteiger partial charge in [-0.15, -0.1) is 5.10 Å². The van der Waals surface area contributed by atoms with Gasteiger partial charge < -0.3 is 4.74 Å². The SMILES string of the molecule is Cc1ccc(C)c(C(=O)[C@H](C)OC(=O)c2ccc(-n3cnnn3)cc2)c1. The average molecular weight is 350 g/mol. The van der Waals surface area contributed by atoms with Crippen LogP contribution in [0, 0.1) is 13.8 Å². The fourth-order valence-corrected chi connectivity index (χ4v) is 2.53. The molecule has 0 saturated heterocycles. The van der Waals surface area contributed by atoms with Gasteiger partial charge in [0.25, 0.3) is 0 Å². The molecule has 0 bridgehead atoms. The third kappa shape index (κ3) is 3.66. The molecule has 0 N–H and O–H groups in total. The van der Waals surface area contributed by atoms with Gasteiger partial charge in [0.15, 0.2) is 6.10 Å². The molecule has 26 heavy (non-hydrogen) atoms. The number of hydrogen-bond acceptors (Lipinski definition) is 6. The maximum Gasteiger partial charge on any atom is 0.338 e. The molecule has 1 heterocycles. The number of carbonyl (C=O) groups is 2. The molecule has 0 amide bonds. The lowest BCUT2D eigenvalue weighted by molar-refractivity contribution is 0.0318. The van der Waals surface area contributed by atoms with Crippen molar-refractivity contribution in [2.24, 2.45) is 0 Å². The van der Waals surface area contributed by atoms with Gasteiger partial charge in [0, 0.05) is 5.56 Å². The minimum Gasteiger partial charge on any atom is -0.451 e. The fourth-order valence-electron chi connectivity index (χ4n) is 2.53. The summed E-state index contributed by atoms with van der Waals surface area (Å²) in [6, 6.07) is 12.2. The van der Waals surface area contributed by atoms with Gasteiger partial charge in [-0.3, -0.25) is 4.79 Å². The van der Waals surface area contributed by atoms with E-state index in [4.69, 9.17) is 4.74 Å². The first kappa shape index (κ1) is 17.5. The van der Waals surface area contributed by atoms with Crippen LogP contribution in [0.2, 0.25) is 0 Å². The first-order chi connectivity index (χ1) is 12.5. The van der Waals surface area contributed by atoms with E-state index >= 15 is 0 Å². The van der Waals surface area contributed by atoms with E-state index in [2.05, 4.69) is 15.5 Å². The normalized spacial score (nSPS) is 11.8. The predicted molar refractivity (Wildman–Crippen MR) is 94.3 cm³/mol. The highest BCUT2D eigenvalue weighted by Crippen LogP contribution is 2.16. The third-order valence-electron chi connectivity index (χ3n) is 4.03. The van der Waals surface area contributed by atoms with Crippen molar-refractivity contribution in [1.29, 1.82) is 0 Å². The number of tetrazole rings is 1. The van der Waals surface area contributed by atoms with E-state index in [1.54, 1.807) is 31.2 Å². The van der Waals surface area contributed by atoms with Crippen molar-refractivity contribution >= 4 is 11.8 Å². The lowest BCUT2D eigenvalue weighted by Crippen LogP contribution is -2.25. The maximum absolute atomic E-state index is 12.6. The summed E-state index contributed by atoms with van der Waals surface area (Å²) in [7, 11) is 0. The van der Waals surface area contributed by atoms with Gasteiger partial charge in [-0.25, -0.2) is 9.48 Å². The van der Waals surface area contributed by atoms with Gasteiger partial charge in [0.2, 0.25) is 5.78 Å². The summed E-state index contributed by atoms with van der Waals surface area (Å²) in [6.45, 7) is 5.36. The number of ketones is 1. The van der Waals surface area contributed by atoms with Gasteiger partial charge >= 0.3 is 5.97 Å². The van der Waals surface area contributed by atoms with E-state index < -0.39 is 12.1 Å². The molecule has 0 spiro atoms. The standard InChI is InChI=1S/C19H18N4O3/c1-12-4-5-13(2)17(10-12)18(24)14(3)26-19(25)15-6-8-16(9-7-15)23-11-20-21-22-23/h4-11,14H,1-3H3/t14-/m0/s1. The molecule has 0 saturated carbocycles. The highest BCUT2D eigenvalue weighted by atomic mass is 16.5. The van der Waals surface area contributed by atoms with Crippen LogP contribution in [0.15, 0.2) is 48.8 Å². The van der Waals surface area contributed by atoms with Crippen LogP contribution in [0.4, 0.5) is 0 Å². The van der Waals surface area contributed by atoms with Gasteiger partial charge in [-0.1, -0.05) is 17.7 Å². The summed E-state index contributed by atoms with van der Waals surface area (Å²) in [4.78, 5) is 24.9. The lowest BCUT2D eigenvalue weighted by atomic mass is 9.99. The van der Waals surface area contributed by atoms with E-state index in [1.807, 2.05) is 32.0 Å². The molecule has 3 aromatic rings. The molecule has 7 nitrogen and oxygen atoms in total. The van der Waals surface area contributed by atoms with Gasteiger partial charge in [0.05, 0.1) is 11.3 Å². The Kier molecular flexibility index (Phi) is 4.88. The number of Topliss-reactive ketones (excluding diaryl/α,β-unsaturated/α-hetero) is 1. The summed E-state index contributed by atoms with van der Waals surface area (Å²) in [5, 5.41) is 10.9. The average Bonchev–Trinajstić information content (AvgIpc) is 3.18. The van der Waals surface area contributed by atoms with Crippen LogP contribution >= 0.6 is 0 Å². The number of hydrogen-bond donors (Lipinski definition) is 0. The molecule has 0 radical (unpaired) electrons. The van der Waals surface area contributed by atoms with Crippen LogP contribution < -0.4 is 0 Å². The Morgan fingerprint density at radius 1 is 1.08 bits per heavy atom. The molecule has 0 aliphatic heterocycles. The van der Waals surface area contributed by atoms with E-state index in [1.165, 1.54) is 11.0 Å². The van der Waals surface area contributed by atoms with Crippen molar-refractivity contribution in [2.45, 2.75) is 26.9 Å². The molecule has 1 aromatic heterocycles. The van der Waals surface area contributed by atoms with Crippen molar-refractivity contribution in [3.05, 3.63) is 71.0 Å². The molecule has 0 aliphatic rings. The zero-order valence-electron chi connectivity index (χ0n) is 14.7. The van der Waals surface area contributed by atoms with Crippen LogP contribution in [-0.2, 0) is 4.74 Å². The highest BCUT2D eigenvalue weighted by molar-refractivity contribution is 6.02. The molecule has 0 unspecified atom stereocenters. The molecular weight excluding hydrogens is 332 g/mol. The Morgan fingerprint density at radius 3 is 2.46 bits per heavy atom. The van der Waals surface area contributed by atoms with E-state index in [0.717, 1.165) is 11.1 Å². The van der Waals surface area contributed by atoms with Crippen molar-refractivity contribution in [2.75, 3.05) is 0 Å². The van der Waals surface area contributed by atoms with Crippen molar-refractivity contribution in [3.63, 3.8) is 0 Å². The lowest BCUT2D eigenvalue weighted by Gasteiger charge is -2.14. The number of rotatable bonds is 5. The molecule has 2 aromatic carbocycles. The molecular formula is C19H18N4O3. The number of aryl methyl sites for hydroxylation is 2. The zero-order valence-corrected chi connectivity index (χ0v) is 14.7. The Morgan fingerprint density at radius 2 is 1.81 bits per heavy atom. The van der Waals surface area contributed by atoms with E-state index in [0.29, 0.717) is 16.8 Å². The smallest absolute Gasteiger partial charge is 0.338 e. The van der Waals surface area contributed by atoms with Gasteiger partial charge in [0.1, 0.15) is 6.33 Å². The van der Waals surface area contributed by atoms with Crippen molar-refractivity contribution < 1.29 is 14.3 Å². The zero-order chi connectivity index (χ0) is 18.7. The Balaban J connectivity index is 1.71. The second-order valence-corrected chi connectivity index (χ2v) is 6.03. The minimum atomic E-state index is -0.873. The number of ether oxygens (including phenoxy) is 1. The summed E-state index contributed by atoms with van der Waals surface area (Å²) in [6.07, 6.45) is 0.584. The first-order valence-corrected chi connectivity index (χ1v) is 8.11. The molecule has 1 atom stereocenters. The predicted octanol–water partition coefficient (Wildman–Crippen LogP) is 2.71. The van der Waals surface area contributed by atoms with Crippen LogP contribution in [0.3, 0.4) is 0 Å². The van der Waals surface area contributed by atoms with Crippen molar-refractivity contribution in [3.8, 4) is 5.69 Å². The quantitative estimate of drug-likeness (QED) is 0.519. The number of nitrogens with zero attached hydrogens (tertiary/aromatic N) is 4. The van der Waals surface area contributed by atoms with E-state index in [-0.39, 0.29) is 5.78 Å². The summed E-state index contributed by atoms with van der Waals surface area (Å²) in [5.41, 5.74) is 3.47. The first-order valence-electron chi connectivity index (χ1n) is 8.11. The van der Waals surface area contributed by atoms with Crippen LogP contribution in [0.25, 0.3) is 5.69 Å². The fraction of sp³-hybridized carbons (Fsp3) is 0.211. The largest absolute Gasteiger partial charge is 0.451 e. The molecule has 0 fully saturated rings. The highest BCUT2D eigenvalue weighted by Gasteiger charge is 2.22. The second-order valence-electron chi connectivity index (χ2n) is 6.03. The Hall–Kier alpha value is -3.35. The van der Waals surface area contributed by atoms with Crippen LogP contribution in [0.5, 0.6) is 0 Å². The number of benzene rings is 2. The van der Waals surface area contributed by atoms with Gasteiger partial charge in [-0.05, 0) is 67.1 Å². The Labute approximate surface area is 150 Å². The summed E-state index contributed by atoms with van der Waals surface area (Å²) < 4.78 is 6.82. The monoisotopic (exact) mass is 350 g/mol. The van der Waals surface area contributed by atoms with Crippen LogP contribution in [0.1, 0.15) is 38.8 Å². The number of esters is 1. The van der Waals surface area contributed by atoms with Crippen LogP contribution in [-0.4, -0.2) is 38.1 Å². The molecule has 3 rings (SSSR count). The maximum atomic E-state index is 12.6. The summed E-state index contributed by atoms with van der Waals surface area (Å²) >= 11 is 0. The van der Waals surface area contributed by atoms with Gasteiger partial charge in [-0.2, -0.15) is 0 Å². The second kappa shape index (κ2) is 7.26. The number of aromatic nitrogens is 4. The van der Waals surface area contributed by atoms with E-state index in [9.17, 15) is 9.59 Å². The molecule has 132 valence electrons. The number of carbonyl (C=O) groups excluding carboxylic acids is 2. The van der Waals surface area contributed by atoms with Crippen molar-refractivity contribution in [1.82, 2.24) is 20.2 Å². The summed E-state index contributed by atoms with van der Waals surface area (Å²) in [5.74, 6) is -0.774.